The number of imidazole rings is 1. The van der Waals surface area contributed by atoms with Crippen molar-refractivity contribution in [2.45, 2.75) is 18.8 Å². The number of H-pyrrole nitrogens is 1. The minimum atomic E-state index is 0.422. The van der Waals surface area contributed by atoms with Crippen molar-refractivity contribution in [1.82, 2.24) is 9.97 Å². The van der Waals surface area contributed by atoms with Crippen LogP contribution in [0.1, 0.15) is 30.1 Å². The van der Waals surface area contributed by atoms with E-state index in [4.69, 9.17) is 10.00 Å². The highest BCUT2D eigenvalue weighted by molar-refractivity contribution is 5.28. The second-order valence-electron chi connectivity index (χ2n) is 3.16. The normalized spacial score (nSPS) is 18.4. The van der Waals surface area contributed by atoms with Crippen LogP contribution in [0.4, 0.5) is 0 Å². The molecule has 1 aromatic rings. The maximum Gasteiger partial charge on any atom is 0.161 e. The second-order valence-corrected chi connectivity index (χ2v) is 3.16. The minimum Gasteiger partial charge on any atom is -0.381 e. The van der Waals surface area contributed by atoms with Gasteiger partial charge < -0.3 is 9.72 Å². The van der Waals surface area contributed by atoms with E-state index >= 15 is 0 Å². The van der Waals surface area contributed by atoms with Crippen molar-refractivity contribution >= 4 is 0 Å². The monoisotopic (exact) mass is 177 g/mol. The molecule has 0 aliphatic carbocycles. The summed E-state index contributed by atoms with van der Waals surface area (Å²) in [6.45, 7) is 1.57. The van der Waals surface area contributed by atoms with E-state index < -0.39 is 0 Å². The molecule has 4 heteroatoms. The van der Waals surface area contributed by atoms with E-state index in [0.717, 1.165) is 31.7 Å². The molecule has 1 fully saturated rings. The summed E-state index contributed by atoms with van der Waals surface area (Å²) >= 11 is 0. The Morgan fingerprint density at radius 3 is 3.00 bits per heavy atom. The zero-order chi connectivity index (χ0) is 9.10. The SMILES string of the molecule is N#Cc1nc[nH]c1C1CCOCC1. The largest absolute Gasteiger partial charge is 0.381 e. The first-order chi connectivity index (χ1) is 6.42. The third kappa shape index (κ3) is 1.56. The van der Waals surface area contributed by atoms with Crippen LogP contribution < -0.4 is 0 Å². The number of hydrogen-bond acceptors (Lipinski definition) is 3. The van der Waals surface area contributed by atoms with Crippen LogP contribution in [0.25, 0.3) is 0 Å². The molecule has 0 spiro atoms. The van der Waals surface area contributed by atoms with Crippen LogP contribution in [0.15, 0.2) is 6.33 Å². The molecule has 2 rings (SSSR count). The van der Waals surface area contributed by atoms with Gasteiger partial charge in [0, 0.05) is 19.1 Å². The molecule has 0 atom stereocenters. The molecule has 13 heavy (non-hydrogen) atoms. The molecule has 68 valence electrons. The lowest BCUT2D eigenvalue weighted by molar-refractivity contribution is 0.0845. The van der Waals surface area contributed by atoms with Gasteiger partial charge in [0.05, 0.1) is 12.0 Å². The number of ether oxygens (including phenoxy) is 1. The summed E-state index contributed by atoms with van der Waals surface area (Å²) in [5.41, 5.74) is 1.51. The van der Waals surface area contributed by atoms with Gasteiger partial charge in [0.1, 0.15) is 6.07 Å². The average molecular weight is 177 g/mol. The van der Waals surface area contributed by atoms with Crippen molar-refractivity contribution in [2.75, 3.05) is 13.2 Å². The Balaban J connectivity index is 2.19. The number of aromatic amines is 1. The van der Waals surface area contributed by atoms with Crippen molar-refractivity contribution in [1.29, 1.82) is 5.26 Å². The Morgan fingerprint density at radius 1 is 1.54 bits per heavy atom. The topological polar surface area (TPSA) is 61.7 Å². The van der Waals surface area contributed by atoms with Crippen LogP contribution in [-0.2, 0) is 4.74 Å². The van der Waals surface area contributed by atoms with Gasteiger partial charge in [0.2, 0.25) is 0 Å². The summed E-state index contributed by atoms with van der Waals surface area (Å²) < 4.78 is 5.25. The molecule has 0 radical (unpaired) electrons. The Labute approximate surface area is 76.6 Å². The van der Waals surface area contributed by atoms with Gasteiger partial charge in [-0.25, -0.2) is 4.98 Å². The highest BCUT2D eigenvalue weighted by Gasteiger charge is 2.20. The molecule has 1 aliphatic rings. The third-order valence-corrected chi connectivity index (χ3v) is 2.40. The van der Waals surface area contributed by atoms with Crippen LogP contribution >= 0.6 is 0 Å². The molecular formula is C9H11N3O. The minimum absolute atomic E-state index is 0.422. The van der Waals surface area contributed by atoms with Gasteiger partial charge in [-0.05, 0) is 12.8 Å². The van der Waals surface area contributed by atoms with Gasteiger partial charge in [-0.3, -0.25) is 0 Å². The predicted molar refractivity (Wildman–Crippen MR) is 46.1 cm³/mol. The van der Waals surface area contributed by atoms with Gasteiger partial charge >= 0.3 is 0 Å². The summed E-state index contributed by atoms with van der Waals surface area (Å²) in [4.78, 5) is 6.99. The lowest BCUT2D eigenvalue weighted by atomic mass is 9.95. The molecule has 0 aromatic carbocycles. The standard InChI is InChI=1S/C9H11N3O/c10-5-8-9(12-6-11-8)7-1-3-13-4-2-7/h6-7H,1-4H2,(H,11,12). The van der Waals surface area contributed by atoms with Gasteiger partial charge in [-0.15, -0.1) is 0 Å². The van der Waals surface area contributed by atoms with Crippen molar-refractivity contribution in [3.8, 4) is 6.07 Å². The Bertz CT molecular complexity index is 320. The smallest absolute Gasteiger partial charge is 0.161 e. The molecule has 0 amide bonds. The number of nitrogens with one attached hydrogen (secondary N) is 1. The molecule has 2 heterocycles. The lowest BCUT2D eigenvalue weighted by Gasteiger charge is -2.20. The maximum atomic E-state index is 8.77. The third-order valence-electron chi connectivity index (χ3n) is 2.40. The van der Waals surface area contributed by atoms with Gasteiger partial charge in [-0.2, -0.15) is 5.26 Å². The van der Waals surface area contributed by atoms with Crippen molar-refractivity contribution in [2.24, 2.45) is 0 Å². The molecule has 1 aliphatic heterocycles. The number of aromatic nitrogens is 2. The second kappa shape index (κ2) is 3.58. The van der Waals surface area contributed by atoms with E-state index in [1.807, 2.05) is 0 Å². The van der Waals surface area contributed by atoms with E-state index in [-0.39, 0.29) is 0 Å². The molecule has 4 nitrogen and oxygen atoms in total. The highest BCUT2D eigenvalue weighted by atomic mass is 16.5. The molecule has 0 saturated carbocycles. The Kier molecular flexibility index (Phi) is 2.28. The van der Waals surface area contributed by atoms with Crippen LogP contribution in [0, 0.1) is 11.3 Å². The number of nitrogens with zero attached hydrogens (tertiary/aromatic N) is 2. The van der Waals surface area contributed by atoms with Crippen molar-refractivity contribution < 1.29 is 4.74 Å². The van der Waals surface area contributed by atoms with Crippen LogP contribution in [-0.4, -0.2) is 23.2 Å². The molecule has 1 N–H and O–H groups in total. The van der Waals surface area contributed by atoms with Crippen LogP contribution in [0.2, 0.25) is 0 Å². The fourth-order valence-electron chi connectivity index (χ4n) is 1.69. The molecule has 0 unspecified atom stereocenters. The highest BCUT2D eigenvalue weighted by Crippen LogP contribution is 2.26. The molecule has 0 bridgehead atoms. The number of rotatable bonds is 1. The summed E-state index contributed by atoms with van der Waals surface area (Å²) in [6.07, 6.45) is 3.55. The van der Waals surface area contributed by atoms with Crippen molar-refractivity contribution in [3.05, 3.63) is 17.7 Å². The predicted octanol–water partition coefficient (Wildman–Crippen LogP) is 1.18. The first-order valence-corrected chi connectivity index (χ1v) is 4.43. The van der Waals surface area contributed by atoms with E-state index in [2.05, 4.69) is 16.0 Å². The van der Waals surface area contributed by atoms with Crippen molar-refractivity contribution in [3.63, 3.8) is 0 Å². The van der Waals surface area contributed by atoms with E-state index in [1.165, 1.54) is 0 Å². The van der Waals surface area contributed by atoms with E-state index in [0.29, 0.717) is 11.6 Å². The average Bonchev–Trinajstić information content (AvgIpc) is 2.67. The Morgan fingerprint density at radius 2 is 2.31 bits per heavy atom. The van der Waals surface area contributed by atoms with Gasteiger partial charge in [0.15, 0.2) is 5.69 Å². The quantitative estimate of drug-likeness (QED) is 0.700. The molecule has 1 saturated heterocycles. The Hall–Kier alpha value is -1.34. The van der Waals surface area contributed by atoms with Crippen LogP contribution in [0.3, 0.4) is 0 Å². The number of nitriles is 1. The summed E-state index contributed by atoms with van der Waals surface area (Å²) in [6, 6.07) is 2.09. The molecule has 1 aromatic heterocycles. The fraction of sp³-hybridized carbons (Fsp3) is 0.556. The van der Waals surface area contributed by atoms with E-state index in [1.54, 1.807) is 6.33 Å². The lowest BCUT2D eigenvalue weighted by Crippen LogP contribution is -2.15. The van der Waals surface area contributed by atoms with Crippen LogP contribution in [0.5, 0.6) is 0 Å². The summed E-state index contributed by atoms with van der Waals surface area (Å²) in [7, 11) is 0. The molecular weight excluding hydrogens is 166 g/mol. The summed E-state index contributed by atoms with van der Waals surface area (Å²) in [5.74, 6) is 0.422. The van der Waals surface area contributed by atoms with Gasteiger partial charge in [0.25, 0.3) is 0 Å². The fourth-order valence-corrected chi connectivity index (χ4v) is 1.69. The van der Waals surface area contributed by atoms with E-state index in [9.17, 15) is 0 Å². The van der Waals surface area contributed by atoms with Gasteiger partial charge in [-0.1, -0.05) is 0 Å². The summed E-state index contributed by atoms with van der Waals surface area (Å²) in [5, 5.41) is 8.77. The maximum absolute atomic E-state index is 8.77. The first-order valence-electron chi connectivity index (χ1n) is 4.43. The zero-order valence-electron chi connectivity index (χ0n) is 7.29. The number of hydrogen-bond donors (Lipinski definition) is 1. The zero-order valence-corrected chi connectivity index (χ0v) is 7.29. The first kappa shape index (κ1) is 8.27.